The van der Waals surface area contributed by atoms with Gasteiger partial charge in [-0.2, -0.15) is 10.2 Å². The van der Waals surface area contributed by atoms with E-state index in [9.17, 15) is 9.59 Å². The molecule has 2 saturated heterocycles. The van der Waals surface area contributed by atoms with Crippen molar-refractivity contribution in [3.05, 3.63) is 123 Å². The molecule has 4 aliphatic rings. The van der Waals surface area contributed by atoms with Crippen LogP contribution < -0.4 is 16.5 Å². The third-order valence-corrected chi connectivity index (χ3v) is 14.2. The molecule has 3 aromatic carbocycles. The molecule has 0 radical (unpaired) electrons. The van der Waals surface area contributed by atoms with Crippen molar-refractivity contribution in [3.63, 3.8) is 0 Å². The molecule has 3 aliphatic heterocycles. The Kier molecular flexibility index (Phi) is 8.90. The van der Waals surface area contributed by atoms with E-state index >= 15 is 9.18 Å². The standard InChI is InChI=1S/C47H49FN10O5/c1-25-17-35(18-26(2)41(25)48)58-42(56-15-14-55(46(56)61)34-8-10-37-33(21-34)24-49-53(37)6)40-29(5)54(13-11-36(40)51-58)43(59)39-22-32-20-30(31-12-16-62-28(4)19-31)7-9-38(32)57(39)47(23-27(47)3)44-50-45(60)63-52-44/h7-10,14-15,17-18,20-22,24,27-29,31,44,52H,11-13,16,19,23H2,1-6H3,(H,50,60)/t27-,28-,29-,31-,44?,47-/m0/s1. The lowest BCUT2D eigenvalue weighted by Gasteiger charge is -2.35. The molecule has 15 nitrogen and oxygen atoms in total. The highest BCUT2D eigenvalue weighted by Gasteiger charge is 2.62. The van der Waals surface area contributed by atoms with E-state index in [0.717, 1.165) is 45.9 Å². The molecule has 7 aromatic rings. The van der Waals surface area contributed by atoms with Crippen molar-refractivity contribution < 1.29 is 23.6 Å². The van der Waals surface area contributed by atoms with Gasteiger partial charge in [-0.05, 0) is 124 Å². The molecule has 11 rings (SSSR count). The van der Waals surface area contributed by atoms with E-state index in [-0.39, 0.29) is 29.4 Å². The first-order valence-corrected chi connectivity index (χ1v) is 21.7. The number of carbonyl (C=O) groups excluding carboxylic acids is 2. The summed E-state index contributed by atoms with van der Waals surface area (Å²) < 4.78 is 29.8. The Morgan fingerprint density at radius 2 is 1.70 bits per heavy atom. The molecule has 2 amide bonds. The topological polar surface area (TPSA) is 147 Å². The molecular weight excluding hydrogens is 804 g/mol. The Labute approximate surface area is 361 Å². The molecule has 16 heteroatoms. The first-order valence-electron chi connectivity index (χ1n) is 21.7. The van der Waals surface area contributed by atoms with Crippen molar-refractivity contribution >= 4 is 33.8 Å². The summed E-state index contributed by atoms with van der Waals surface area (Å²) in [6.45, 7) is 10.7. The maximum Gasteiger partial charge on any atom is 0.427 e. The monoisotopic (exact) mass is 852 g/mol. The molecule has 63 heavy (non-hydrogen) atoms. The lowest BCUT2D eigenvalue weighted by molar-refractivity contribution is 0.0186. The quantitative estimate of drug-likeness (QED) is 0.179. The summed E-state index contributed by atoms with van der Waals surface area (Å²) in [4.78, 5) is 49.7. The van der Waals surface area contributed by atoms with Crippen LogP contribution in [-0.2, 0) is 28.6 Å². The van der Waals surface area contributed by atoms with Crippen molar-refractivity contribution in [2.24, 2.45) is 13.0 Å². The van der Waals surface area contributed by atoms with Crippen LogP contribution in [0.2, 0.25) is 0 Å². The fourth-order valence-electron chi connectivity index (χ4n) is 10.8. The normalized spacial score (nSPS) is 24.5. The van der Waals surface area contributed by atoms with E-state index in [1.165, 1.54) is 5.56 Å². The van der Waals surface area contributed by atoms with E-state index in [2.05, 4.69) is 52.5 Å². The van der Waals surface area contributed by atoms with Crippen LogP contribution in [0.4, 0.5) is 9.18 Å². The third-order valence-electron chi connectivity index (χ3n) is 14.2. The number of hydroxylamine groups is 1. The second-order valence-electron chi connectivity index (χ2n) is 18.0. The molecule has 1 aliphatic carbocycles. The molecule has 2 N–H and O–H groups in total. The number of hydrogen-bond donors (Lipinski definition) is 2. The second-order valence-corrected chi connectivity index (χ2v) is 18.0. The van der Waals surface area contributed by atoms with E-state index in [4.69, 9.17) is 14.7 Å². The molecule has 0 bridgehead atoms. The summed E-state index contributed by atoms with van der Waals surface area (Å²) in [5, 5.41) is 14.3. The predicted molar refractivity (Wildman–Crippen MR) is 233 cm³/mol. The second kappa shape index (κ2) is 14.3. The van der Waals surface area contributed by atoms with Gasteiger partial charge in [-0.3, -0.25) is 23.9 Å². The van der Waals surface area contributed by atoms with Gasteiger partial charge >= 0.3 is 11.8 Å². The van der Waals surface area contributed by atoms with Crippen molar-refractivity contribution in [1.29, 1.82) is 0 Å². The van der Waals surface area contributed by atoms with Crippen LogP contribution in [0.3, 0.4) is 0 Å². The number of amides is 2. The van der Waals surface area contributed by atoms with Gasteiger partial charge < -0.3 is 19.0 Å². The van der Waals surface area contributed by atoms with Crippen molar-refractivity contribution in [3.8, 4) is 17.2 Å². The average molecular weight is 853 g/mol. The summed E-state index contributed by atoms with van der Waals surface area (Å²) >= 11 is 0. The van der Waals surface area contributed by atoms with E-state index in [0.29, 0.717) is 65.9 Å². The minimum absolute atomic E-state index is 0.0998. The van der Waals surface area contributed by atoms with Gasteiger partial charge in [0.25, 0.3) is 5.91 Å². The number of aryl methyl sites for hydroxylation is 3. The van der Waals surface area contributed by atoms with Gasteiger partial charge in [-0.25, -0.2) is 18.7 Å². The number of imidazole rings is 1. The summed E-state index contributed by atoms with van der Waals surface area (Å²) in [6.07, 6.45) is 7.21. The maximum atomic E-state index is 15.5. The Hall–Kier alpha value is -6.52. The van der Waals surface area contributed by atoms with Gasteiger partial charge in [-0.1, -0.05) is 13.0 Å². The van der Waals surface area contributed by atoms with Crippen LogP contribution in [0.15, 0.2) is 78.0 Å². The average Bonchev–Trinajstić information content (AvgIpc) is 3.90. The Morgan fingerprint density at radius 1 is 0.937 bits per heavy atom. The zero-order chi connectivity index (χ0) is 43.6. The number of rotatable bonds is 7. The molecule has 6 atom stereocenters. The SMILES string of the molecule is Cc1cc(-n2nc3c(c2-n2ccn(-c4ccc5c(cnn5C)c4)c2=O)[C@H](C)N(C(=O)c2cc4cc([C@H]5CCO[C@@H](C)C5)ccc4n2[C@@]2(C4NOC(=O)N4)C[C@@H]2C)CC3)cc(C)c1F. The minimum Gasteiger partial charge on any atom is -0.378 e. The number of aromatic nitrogens is 7. The third kappa shape index (κ3) is 6.01. The molecule has 0 spiro atoms. The maximum absolute atomic E-state index is 15.5. The molecule has 4 aromatic heterocycles. The molecule has 7 heterocycles. The number of ether oxygens (including phenoxy) is 1. The number of nitrogens with zero attached hydrogens (tertiary/aromatic N) is 8. The molecule has 324 valence electrons. The number of carbonyl (C=O) groups is 2. The fourth-order valence-corrected chi connectivity index (χ4v) is 10.8. The molecule has 1 unspecified atom stereocenters. The van der Waals surface area contributed by atoms with Crippen LogP contribution in [0, 0.1) is 25.6 Å². The van der Waals surface area contributed by atoms with Crippen LogP contribution in [0.5, 0.6) is 0 Å². The number of nitrogens with one attached hydrogen (secondary N) is 2. The van der Waals surface area contributed by atoms with Crippen LogP contribution in [0.1, 0.15) is 90.4 Å². The highest BCUT2D eigenvalue weighted by Crippen LogP contribution is 2.55. The lowest BCUT2D eigenvalue weighted by Crippen LogP contribution is -2.49. The van der Waals surface area contributed by atoms with Crippen LogP contribution >= 0.6 is 0 Å². The Balaban J connectivity index is 1.05. The van der Waals surface area contributed by atoms with Crippen LogP contribution in [-0.4, -0.2) is 75.6 Å². The first kappa shape index (κ1) is 39.3. The van der Waals surface area contributed by atoms with Gasteiger partial charge in [0.05, 0.1) is 46.5 Å². The highest BCUT2D eigenvalue weighted by molar-refractivity contribution is 6.00. The van der Waals surface area contributed by atoms with Crippen molar-refractivity contribution in [2.45, 2.75) is 90.1 Å². The largest absolute Gasteiger partial charge is 0.427 e. The van der Waals surface area contributed by atoms with E-state index in [1.807, 2.05) is 43.1 Å². The summed E-state index contributed by atoms with van der Waals surface area (Å²) in [5.41, 5.74) is 9.09. The summed E-state index contributed by atoms with van der Waals surface area (Å²) in [7, 11) is 1.87. The van der Waals surface area contributed by atoms with Crippen molar-refractivity contribution in [1.82, 2.24) is 49.0 Å². The number of benzene rings is 3. The zero-order valence-corrected chi connectivity index (χ0v) is 36.1. The minimum atomic E-state index is -0.679. The molecule has 1 saturated carbocycles. The lowest BCUT2D eigenvalue weighted by atomic mass is 9.88. The van der Waals surface area contributed by atoms with Gasteiger partial charge in [0.2, 0.25) is 0 Å². The Bertz CT molecular complexity index is 3080. The van der Waals surface area contributed by atoms with Gasteiger partial charge in [0, 0.05) is 60.9 Å². The zero-order valence-electron chi connectivity index (χ0n) is 36.1. The van der Waals surface area contributed by atoms with E-state index in [1.54, 1.807) is 63.1 Å². The number of halogens is 1. The number of hydrogen-bond acceptors (Lipinski definition) is 8. The van der Waals surface area contributed by atoms with Crippen LogP contribution in [0.25, 0.3) is 39.0 Å². The smallest absolute Gasteiger partial charge is 0.378 e. The van der Waals surface area contributed by atoms with Gasteiger partial charge in [-0.15, -0.1) is 5.48 Å². The Morgan fingerprint density at radius 3 is 2.43 bits per heavy atom. The first-order chi connectivity index (χ1) is 30.3. The highest BCUT2D eigenvalue weighted by atomic mass is 19.1. The van der Waals surface area contributed by atoms with E-state index < -0.39 is 23.8 Å². The molecule has 3 fully saturated rings. The fraction of sp³-hybridized carbons (Fsp3) is 0.383. The van der Waals surface area contributed by atoms with Gasteiger partial charge in [0.15, 0.2) is 0 Å². The predicted octanol–water partition coefficient (Wildman–Crippen LogP) is 6.76. The summed E-state index contributed by atoms with van der Waals surface area (Å²) in [6, 6.07) is 17.2. The van der Waals surface area contributed by atoms with Gasteiger partial charge in [0.1, 0.15) is 23.5 Å². The number of fused-ring (bicyclic) bond motifs is 3. The summed E-state index contributed by atoms with van der Waals surface area (Å²) in [5.74, 6) is 0.422. The van der Waals surface area contributed by atoms with Crippen molar-refractivity contribution in [2.75, 3.05) is 13.2 Å². The molecular formula is C47H49FN10O5.